The average molecular weight is 381 g/mol. The number of nitrogens with zero attached hydrogens (tertiary/aromatic N) is 1. The summed E-state index contributed by atoms with van der Waals surface area (Å²) in [4.78, 5) is 28.0. The number of aromatic nitrogens is 1. The lowest BCUT2D eigenvalue weighted by Gasteiger charge is -2.09. The molecule has 2 amide bonds. The molecule has 0 radical (unpaired) electrons. The van der Waals surface area contributed by atoms with Gasteiger partial charge in [-0.25, -0.2) is 4.98 Å². The molecule has 3 rings (SSSR count). The van der Waals surface area contributed by atoms with Crippen LogP contribution in [0.2, 0.25) is 0 Å². The number of benzene rings is 2. The van der Waals surface area contributed by atoms with Gasteiger partial charge in [-0.05, 0) is 35.9 Å². The molecular weight excluding hydrogens is 362 g/mol. The van der Waals surface area contributed by atoms with Crippen molar-refractivity contribution in [1.29, 1.82) is 0 Å². The highest BCUT2D eigenvalue weighted by molar-refractivity contribution is 7.07. The maximum Gasteiger partial charge on any atom is 0.255 e. The fraction of sp³-hybridized carbons (Fsp3) is 0.150. The van der Waals surface area contributed by atoms with Crippen molar-refractivity contribution in [3.8, 4) is 5.75 Å². The van der Waals surface area contributed by atoms with Gasteiger partial charge in [0.1, 0.15) is 12.4 Å². The van der Waals surface area contributed by atoms with E-state index in [1.165, 1.54) is 11.3 Å². The summed E-state index contributed by atoms with van der Waals surface area (Å²) in [5.74, 6) is 0.325. The average Bonchev–Trinajstić information content (AvgIpc) is 3.21. The predicted molar refractivity (Wildman–Crippen MR) is 105 cm³/mol. The third kappa shape index (κ3) is 5.39. The lowest BCUT2D eigenvalue weighted by molar-refractivity contribution is -0.119. The van der Waals surface area contributed by atoms with E-state index < -0.39 is 0 Å². The minimum atomic E-state index is -0.229. The van der Waals surface area contributed by atoms with E-state index in [1.54, 1.807) is 49.0 Å². The molecule has 6 nitrogen and oxygen atoms in total. The predicted octanol–water partition coefficient (Wildman–Crippen LogP) is 3.26. The normalized spacial score (nSPS) is 10.3. The van der Waals surface area contributed by atoms with Crippen molar-refractivity contribution in [3.05, 3.63) is 76.2 Å². The number of nitrogens with one attached hydrogen (secondary N) is 2. The van der Waals surface area contributed by atoms with E-state index in [0.29, 0.717) is 30.0 Å². The summed E-state index contributed by atoms with van der Waals surface area (Å²) in [5, 5.41) is 7.35. The monoisotopic (exact) mass is 381 g/mol. The summed E-state index contributed by atoms with van der Waals surface area (Å²) in [6, 6.07) is 14.2. The third-order valence-corrected chi connectivity index (χ3v) is 4.46. The fourth-order valence-corrected chi connectivity index (χ4v) is 2.92. The van der Waals surface area contributed by atoms with Crippen LogP contribution in [0.25, 0.3) is 0 Å². The highest BCUT2D eigenvalue weighted by Crippen LogP contribution is 2.17. The molecule has 27 heavy (non-hydrogen) atoms. The van der Waals surface area contributed by atoms with Gasteiger partial charge in [0.2, 0.25) is 5.91 Å². The van der Waals surface area contributed by atoms with Crippen molar-refractivity contribution >= 4 is 28.8 Å². The number of anilines is 1. The molecule has 2 aromatic carbocycles. The molecule has 0 atom stereocenters. The summed E-state index contributed by atoms with van der Waals surface area (Å²) in [5.41, 5.74) is 4.65. The van der Waals surface area contributed by atoms with Crippen LogP contribution in [0.3, 0.4) is 0 Å². The number of carbonyl (C=O) groups is 2. The summed E-state index contributed by atoms with van der Waals surface area (Å²) in [7, 11) is 1.60. The van der Waals surface area contributed by atoms with Crippen LogP contribution in [0.4, 0.5) is 5.69 Å². The summed E-state index contributed by atoms with van der Waals surface area (Å²) in [6.45, 7) is 0.362. The quantitative estimate of drug-likeness (QED) is 0.658. The first kappa shape index (κ1) is 18.6. The van der Waals surface area contributed by atoms with Gasteiger partial charge in [-0.3, -0.25) is 9.59 Å². The van der Waals surface area contributed by atoms with Crippen LogP contribution in [-0.4, -0.2) is 23.8 Å². The van der Waals surface area contributed by atoms with E-state index in [2.05, 4.69) is 15.6 Å². The molecule has 0 saturated carbocycles. The van der Waals surface area contributed by atoms with Gasteiger partial charge in [-0.2, -0.15) is 0 Å². The molecule has 0 aliphatic heterocycles. The second kappa shape index (κ2) is 8.95. The Hall–Kier alpha value is -3.19. The zero-order valence-electron chi connectivity index (χ0n) is 14.8. The lowest BCUT2D eigenvalue weighted by atomic mass is 10.1. The van der Waals surface area contributed by atoms with Crippen LogP contribution >= 0.6 is 11.3 Å². The summed E-state index contributed by atoms with van der Waals surface area (Å²) < 4.78 is 5.68. The maximum atomic E-state index is 12.5. The standard InChI is InChI=1S/C20H19N3O3S/c1-21-19(24)9-14-5-7-16(8-6-14)23-20(25)15-3-2-4-18(10-15)26-11-17-12-27-13-22-17/h2-8,10,12-13H,9,11H2,1H3,(H,21,24)(H,23,25). The molecule has 1 heterocycles. The SMILES string of the molecule is CNC(=O)Cc1ccc(NC(=O)c2cccc(OCc3cscn3)c2)cc1. The summed E-state index contributed by atoms with van der Waals surface area (Å²) in [6.07, 6.45) is 0.309. The maximum absolute atomic E-state index is 12.5. The molecule has 3 aromatic rings. The Bertz CT molecular complexity index is 908. The summed E-state index contributed by atoms with van der Waals surface area (Å²) >= 11 is 1.51. The Morgan fingerprint density at radius 3 is 2.67 bits per heavy atom. The van der Waals surface area contributed by atoms with E-state index in [1.807, 2.05) is 17.5 Å². The topological polar surface area (TPSA) is 80.3 Å². The van der Waals surface area contributed by atoms with E-state index in [9.17, 15) is 9.59 Å². The van der Waals surface area contributed by atoms with Crippen molar-refractivity contribution in [2.24, 2.45) is 0 Å². The second-order valence-corrected chi connectivity index (χ2v) is 6.52. The fourth-order valence-electron chi connectivity index (χ4n) is 2.38. The smallest absolute Gasteiger partial charge is 0.255 e. The highest BCUT2D eigenvalue weighted by atomic mass is 32.1. The van der Waals surface area contributed by atoms with Gasteiger partial charge in [0.25, 0.3) is 5.91 Å². The molecule has 0 saturated heterocycles. The highest BCUT2D eigenvalue weighted by Gasteiger charge is 2.08. The zero-order chi connectivity index (χ0) is 19.1. The van der Waals surface area contributed by atoms with Crippen LogP contribution in [0, 0.1) is 0 Å². The Labute approximate surface area is 161 Å². The van der Waals surface area contributed by atoms with Gasteiger partial charge in [-0.15, -0.1) is 11.3 Å². The Balaban J connectivity index is 1.60. The number of hydrogen-bond donors (Lipinski definition) is 2. The number of hydrogen-bond acceptors (Lipinski definition) is 5. The number of likely N-dealkylation sites (N-methyl/N-ethyl adjacent to an activating group) is 1. The van der Waals surface area contributed by atoms with Gasteiger partial charge in [0, 0.05) is 23.7 Å². The van der Waals surface area contributed by atoms with Gasteiger partial charge in [0.15, 0.2) is 0 Å². The molecule has 2 N–H and O–H groups in total. The molecule has 0 bridgehead atoms. The number of carbonyl (C=O) groups excluding carboxylic acids is 2. The molecule has 0 unspecified atom stereocenters. The number of amides is 2. The van der Waals surface area contributed by atoms with Crippen LogP contribution < -0.4 is 15.4 Å². The second-order valence-electron chi connectivity index (χ2n) is 5.80. The molecule has 1 aromatic heterocycles. The van der Waals surface area contributed by atoms with Gasteiger partial charge >= 0.3 is 0 Å². The van der Waals surface area contributed by atoms with Gasteiger partial charge in [0.05, 0.1) is 17.6 Å². The van der Waals surface area contributed by atoms with Gasteiger partial charge < -0.3 is 15.4 Å². The van der Waals surface area contributed by atoms with Crippen molar-refractivity contribution in [3.63, 3.8) is 0 Å². The minimum absolute atomic E-state index is 0.0544. The van der Waals surface area contributed by atoms with Crippen molar-refractivity contribution in [2.75, 3.05) is 12.4 Å². The molecular formula is C20H19N3O3S. The van der Waals surface area contributed by atoms with Crippen LogP contribution in [0.5, 0.6) is 5.75 Å². The van der Waals surface area contributed by atoms with Gasteiger partial charge in [-0.1, -0.05) is 18.2 Å². The minimum Gasteiger partial charge on any atom is -0.487 e. The Morgan fingerprint density at radius 2 is 1.96 bits per heavy atom. The first-order valence-electron chi connectivity index (χ1n) is 8.35. The van der Waals surface area contributed by atoms with Crippen LogP contribution in [0.15, 0.2) is 59.4 Å². The largest absolute Gasteiger partial charge is 0.487 e. The van der Waals surface area contributed by atoms with Crippen LogP contribution in [-0.2, 0) is 17.8 Å². The molecule has 7 heteroatoms. The molecule has 138 valence electrons. The first-order chi connectivity index (χ1) is 13.1. The van der Waals surface area contributed by atoms with E-state index in [0.717, 1.165) is 11.3 Å². The first-order valence-corrected chi connectivity index (χ1v) is 9.29. The molecule has 0 aliphatic carbocycles. The molecule has 0 aliphatic rings. The van der Waals surface area contributed by atoms with Crippen molar-refractivity contribution in [1.82, 2.24) is 10.3 Å². The Kier molecular flexibility index (Phi) is 6.17. The molecule has 0 fully saturated rings. The number of ether oxygens (including phenoxy) is 1. The number of thiazole rings is 1. The third-order valence-electron chi connectivity index (χ3n) is 3.82. The van der Waals surface area contributed by atoms with E-state index >= 15 is 0 Å². The van der Waals surface area contributed by atoms with Crippen molar-refractivity contribution in [2.45, 2.75) is 13.0 Å². The van der Waals surface area contributed by atoms with Crippen LogP contribution in [0.1, 0.15) is 21.6 Å². The number of rotatable bonds is 7. The Morgan fingerprint density at radius 1 is 1.15 bits per heavy atom. The van der Waals surface area contributed by atoms with E-state index in [4.69, 9.17) is 4.74 Å². The molecule has 0 spiro atoms. The lowest BCUT2D eigenvalue weighted by Crippen LogP contribution is -2.19. The van der Waals surface area contributed by atoms with Crippen molar-refractivity contribution < 1.29 is 14.3 Å². The zero-order valence-corrected chi connectivity index (χ0v) is 15.6. The van der Waals surface area contributed by atoms with E-state index in [-0.39, 0.29) is 11.8 Å².